The minimum absolute atomic E-state index is 0.0494. The topological polar surface area (TPSA) is 21.3 Å². The maximum absolute atomic E-state index is 13.4. The summed E-state index contributed by atoms with van der Waals surface area (Å²) in [6.45, 7) is 6.23. The Morgan fingerprint density at radius 1 is 1.50 bits per heavy atom. The molecule has 1 aliphatic rings. The Balaban J connectivity index is 2.33. The van der Waals surface area contributed by atoms with Gasteiger partial charge in [0.1, 0.15) is 5.82 Å². The SMILES string of the molecule is COC(C)C1(C)CCNCC1c1cccc(F)c1. The molecule has 1 saturated heterocycles. The van der Waals surface area contributed by atoms with Crippen molar-refractivity contribution in [2.45, 2.75) is 32.3 Å². The van der Waals surface area contributed by atoms with Crippen molar-refractivity contribution in [2.24, 2.45) is 5.41 Å². The van der Waals surface area contributed by atoms with Gasteiger partial charge in [0.25, 0.3) is 0 Å². The van der Waals surface area contributed by atoms with Crippen molar-refractivity contribution in [2.75, 3.05) is 20.2 Å². The van der Waals surface area contributed by atoms with Gasteiger partial charge in [-0.05, 0) is 37.6 Å². The van der Waals surface area contributed by atoms with Crippen LogP contribution >= 0.6 is 0 Å². The van der Waals surface area contributed by atoms with Crippen LogP contribution in [0.15, 0.2) is 24.3 Å². The lowest BCUT2D eigenvalue weighted by Gasteiger charge is -2.45. The van der Waals surface area contributed by atoms with Crippen molar-refractivity contribution in [1.29, 1.82) is 0 Å². The van der Waals surface area contributed by atoms with Crippen molar-refractivity contribution in [3.8, 4) is 0 Å². The number of halogens is 1. The summed E-state index contributed by atoms with van der Waals surface area (Å²) in [6, 6.07) is 6.95. The van der Waals surface area contributed by atoms with Gasteiger partial charge in [0.15, 0.2) is 0 Å². The molecule has 18 heavy (non-hydrogen) atoms. The molecule has 0 amide bonds. The molecule has 1 aliphatic heterocycles. The molecule has 1 aromatic carbocycles. The summed E-state index contributed by atoms with van der Waals surface area (Å²) in [4.78, 5) is 0. The average Bonchev–Trinajstić information content (AvgIpc) is 2.38. The first kappa shape index (κ1) is 13.5. The van der Waals surface area contributed by atoms with Crippen LogP contribution in [0.4, 0.5) is 4.39 Å². The van der Waals surface area contributed by atoms with E-state index >= 15 is 0 Å². The van der Waals surface area contributed by atoms with Crippen LogP contribution in [-0.4, -0.2) is 26.3 Å². The van der Waals surface area contributed by atoms with Gasteiger partial charge in [-0.1, -0.05) is 19.1 Å². The van der Waals surface area contributed by atoms with Crippen LogP contribution in [0.3, 0.4) is 0 Å². The predicted octanol–water partition coefficient (Wildman–Crippen LogP) is 2.94. The molecule has 1 heterocycles. The van der Waals surface area contributed by atoms with Crippen molar-refractivity contribution in [3.05, 3.63) is 35.6 Å². The molecule has 3 unspecified atom stereocenters. The van der Waals surface area contributed by atoms with E-state index in [4.69, 9.17) is 4.74 Å². The summed E-state index contributed by atoms with van der Waals surface area (Å²) in [5, 5.41) is 3.41. The van der Waals surface area contributed by atoms with Crippen LogP contribution < -0.4 is 5.32 Å². The van der Waals surface area contributed by atoms with Crippen molar-refractivity contribution in [3.63, 3.8) is 0 Å². The van der Waals surface area contributed by atoms with E-state index in [0.717, 1.165) is 25.1 Å². The number of ether oxygens (including phenoxy) is 1. The second-order valence-corrected chi connectivity index (χ2v) is 5.45. The molecule has 3 atom stereocenters. The monoisotopic (exact) mass is 251 g/mol. The second kappa shape index (κ2) is 5.37. The molecule has 0 bridgehead atoms. The molecule has 2 rings (SSSR count). The Hall–Kier alpha value is -0.930. The summed E-state index contributed by atoms with van der Waals surface area (Å²) in [5.41, 5.74) is 1.11. The summed E-state index contributed by atoms with van der Waals surface area (Å²) in [5.74, 6) is 0.127. The predicted molar refractivity (Wildman–Crippen MR) is 71.2 cm³/mol. The van der Waals surface area contributed by atoms with Gasteiger partial charge in [-0.3, -0.25) is 0 Å². The summed E-state index contributed by atoms with van der Waals surface area (Å²) < 4.78 is 19.0. The highest BCUT2D eigenvalue weighted by Gasteiger charge is 2.42. The molecular weight excluding hydrogens is 229 g/mol. The molecule has 0 aliphatic carbocycles. The second-order valence-electron chi connectivity index (χ2n) is 5.45. The van der Waals surface area contributed by atoms with E-state index in [1.165, 1.54) is 6.07 Å². The lowest BCUT2D eigenvalue weighted by Crippen LogP contribution is -2.48. The summed E-state index contributed by atoms with van der Waals surface area (Å²) in [7, 11) is 1.75. The molecular formula is C15H22FNO. The van der Waals surface area contributed by atoms with Crippen molar-refractivity contribution >= 4 is 0 Å². The van der Waals surface area contributed by atoms with E-state index in [1.54, 1.807) is 19.2 Å². The number of rotatable bonds is 3. The molecule has 100 valence electrons. The molecule has 0 aromatic heterocycles. The molecule has 0 radical (unpaired) electrons. The van der Waals surface area contributed by atoms with Gasteiger partial charge in [-0.25, -0.2) is 4.39 Å². The number of hydrogen-bond donors (Lipinski definition) is 1. The number of benzene rings is 1. The lowest BCUT2D eigenvalue weighted by molar-refractivity contribution is -0.0208. The quantitative estimate of drug-likeness (QED) is 0.892. The van der Waals surface area contributed by atoms with E-state index < -0.39 is 0 Å². The van der Waals surface area contributed by atoms with Gasteiger partial charge in [-0.15, -0.1) is 0 Å². The normalized spacial score (nSPS) is 30.1. The average molecular weight is 251 g/mol. The molecule has 1 aromatic rings. The third kappa shape index (κ3) is 2.43. The van der Waals surface area contributed by atoms with Gasteiger partial charge in [0, 0.05) is 25.0 Å². The number of hydrogen-bond acceptors (Lipinski definition) is 2. The number of methoxy groups -OCH3 is 1. The Bertz CT molecular complexity index is 409. The fourth-order valence-corrected chi connectivity index (χ4v) is 2.99. The summed E-state index contributed by atoms with van der Waals surface area (Å²) >= 11 is 0. The number of nitrogens with one attached hydrogen (secondary N) is 1. The number of piperidine rings is 1. The van der Waals surface area contributed by atoms with Gasteiger partial charge >= 0.3 is 0 Å². The maximum atomic E-state index is 13.4. The molecule has 2 nitrogen and oxygen atoms in total. The van der Waals surface area contributed by atoms with Crippen LogP contribution in [0.1, 0.15) is 31.7 Å². The van der Waals surface area contributed by atoms with Gasteiger partial charge in [-0.2, -0.15) is 0 Å². The molecule has 0 saturated carbocycles. The fourth-order valence-electron chi connectivity index (χ4n) is 2.99. The maximum Gasteiger partial charge on any atom is 0.123 e. The minimum atomic E-state index is -0.162. The summed E-state index contributed by atoms with van der Waals surface area (Å²) in [6.07, 6.45) is 1.20. The van der Waals surface area contributed by atoms with Gasteiger partial charge in [0.05, 0.1) is 6.10 Å². The highest BCUT2D eigenvalue weighted by atomic mass is 19.1. The molecule has 1 N–H and O–H groups in total. The lowest BCUT2D eigenvalue weighted by atomic mass is 9.66. The van der Waals surface area contributed by atoms with Crippen LogP contribution in [0.25, 0.3) is 0 Å². The Kier molecular flexibility index (Phi) is 4.03. The first-order chi connectivity index (χ1) is 8.58. The molecule has 1 fully saturated rings. The van der Waals surface area contributed by atoms with Gasteiger partial charge in [0.2, 0.25) is 0 Å². The zero-order chi connectivity index (χ0) is 13.2. The van der Waals surface area contributed by atoms with Crippen LogP contribution in [0, 0.1) is 11.2 Å². The largest absolute Gasteiger partial charge is 0.381 e. The van der Waals surface area contributed by atoms with E-state index in [0.29, 0.717) is 0 Å². The highest BCUT2D eigenvalue weighted by Crippen LogP contribution is 2.44. The molecule has 0 spiro atoms. The van der Waals surface area contributed by atoms with E-state index in [9.17, 15) is 4.39 Å². The third-order valence-corrected chi connectivity index (χ3v) is 4.52. The minimum Gasteiger partial charge on any atom is -0.381 e. The Morgan fingerprint density at radius 2 is 2.28 bits per heavy atom. The highest BCUT2D eigenvalue weighted by molar-refractivity contribution is 5.25. The fraction of sp³-hybridized carbons (Fsp3) is 0.600. The Morgan fingerprint density at radius 3 is 2.94 bits per heavy atom. The first-order valence-corrected chi connectivity index (χ1v) is 6.57. The van der Waals surface area contributed by atoms with E-state index in [-0.39, 0.29) is 23.3 Å². The third-order valence-electron chi connectivity index (χ3n) is 4.52. The Labute approximate surface area is 109 Å². The zero-order valence-corrected chi connectivity index (χ0v) is 11.4. The van der Waals surface area contributed by atoms with Crippen molar-refractivity contribution in [1.82, 2.24) is 5.32 Å². The molecule has 3 heteroatoms. The van der Waals surface area contributed by atoms with E-state index in [2.05, 4.69) is 19.2 Å². The van der Waals surface area contributed by atoms with Crippen LogP contribution in [-0.2, 0) is 4.74 Å². The van der Waals surface area contributed by atoms with Crippen molar-refractivity contribution < 1.29 is 9.13 Å². The zero-order valence-electron chi connectivity index (χ0n) is 11.4. The van der Waals surface area contributed by atoms with Crippen LogP contribution in [0.5, 0.6) is 0 Å². The van der Waals surface area contributed by atoms with E-state index in [1.807, 2.05) is 6.07 Å². The van der Waals surface area contributed by atoms with Crippen LogP contribution in [0.2, 0.25) is 0 Å². The smallest absolute Gasteiger partial charge is 0.123 e. The standard InChI is InChI=1S/C15H22FNO/c1-11(18-3)15(2)7-8-17-10-14(15)12-5-4-6-13(16)9-12/h4-6,9,11,14,17H,7-8,10H2,1-3H3. The first-order valence-electron chi connectivity index (χ1n) is 6.57. The van der Waals surface area contributed by atoms with Gasteiger partial charge < -0.3 is 10.1 Å².